The molecule has 1 aromatic carbocycles. The molecule has 0 spiro atoms. The van der Waals surface area contributed by atoms with Crippen LogP contribution in [0.2, 0.25) is 5.02 Å². The molecule has 2 aliphatic rings. The fourth-order valence-corrected chi connectivity index (χ4v) is 4.50. The molecule has 2 saturated heterocycles. The van der Waals surface area contributed by atoms with E-state index in [1.807, 2.05) is 0 Å². The van der Waals surface area contributed by atoms with Crippen LogP contribution in [0.5, 0.6) is 0 Å². The second-order valence-electron chi connectivity index (χ2n) is 5.73. The monoisotopic (exact) mass is 372 g/mol. The molecule has 1 N–H and O–H groups in total. The summed E-state index contributed by atoms with van der Waals surface area (Å²) >= 11 is 6.11. The van der Waals surface area contributed by atoms with Crippen molar-refractivity contribution >= 4 is 39.1 Å². The maximum atomic E-state index is 12.2. The van der Waals surface area contributed by atoms with Gasteiger partial charge in [0.25, 0.3) is 5.91 Å². The third-order valence-electron chi connectivity index (χ3n) is 4.02. The van der Waals surface area contributed by atoms with E-state index >= 15 is 0 Å². The third-order valence-corrected chi connectivity index (χ3v) is 6.03. The molecule has 9 heteroatoms. The Balaban J connectivity index is 1.74. The summed E-state index contributed by atoms with van der Waals surface area (Å²) in [5.74, 6) is -1.08. The van der Waals surface area contributed by atoms with Gasteiger partial charge in [-0.3, -0.25) is 9.59 Å². The lowest BCUT2D eigenvalue weighted by Crippen LogP contribution is -2.32. The highest BCUT2D eigenvalue weighted by molar-refractivity contribution is 7.94. The van der Waals surface area contributed by atoms with Crippen molar-refractivity contribution < 1.29 is 22.7 Å². The first-order valence-corrected chi connectivity index (χ1v) is 9.62. The first kappa shape index (κ1) is 17.2. The second kappa shape index (κ2) is 6.70. The van der Waals surface area contributed by atoms with Gasteiger partial charge in [0.1, 0.15) is 0 Å². The van der Waals surface area contributed by atoms with Gasteiger partial charge in [0.15, 0.2) is 0 Å². The molecule has 0 radical (unpaired) electrons. The second-order valence-corrected chi connectivity index (χ2v) is 8.08. The summed E-state index contributed by atoms with van der Waals surface area (Å²) in [6.07, 6.45) is 1.85. The average Bonchev–Trinajstić information content (AvgIpc) is 3.13. The van der Waals surface area contributed by atoms with E-state index in [1.54, 1.807) is 0 Å². The van der Waals surface area contributed by atoms with Crippen molar-refractivity contribution in [3.8, 4) is 0 Å². The van der Waals surface area contributed by atoms with Gasteiger partial charge in [-0.05, 0) is 31.0 Å². The molecule has 0 aromatic heterocycles. The lowest BCUT2D eigenvalue weighted by molar-refractivity contribution is -0.116. The number of carbonyl (C=O) groups is 2. The predicted octanol–water partition coefficient (Wildman–Crippen LogP) is 1.32. The number of nitrogens with one attached hydrogen (secondary N) is 1. The molecule has 7 nitrogen and oxygen atoms in total. The van der Waals surface area contributed by atoms with Crippen LogP contribution in [-0.2, 0) is 19.6 Å². The zero-order valence-corrected chi connectivity index (χ0v) is 14.4. The molecule has 3 rings (SSSR count). The molecule has 0 unspecified atom stereocenters. The average molecular weight is 373 g/mol. The summed E-state index contributed by atoms with van der Waals surface area (Å²) in [6, 6.07) is 4.15. The van der Waals surface area contributed by atoms with Crippen molar-refractivity contribution in [1.82, 2.24) is 5.32 Å². The summed E-state index contributed by atoms with van der Waals surface area (Å²) < 4.78 is 30.0. The van der Waals surface area contributed by atoms with Crippen LogP contribution >= 0.6 is 11.6 Å². The van der Waals surface area contributed by atoms with Crippen molar-refractivity contribution in [2.45, 2.75) is 25.4 Å². The van der Waals surface area contributed by atoms with Crippen LogP contribution in [0.4, 0.5) is 5.69 Å². The number of carbonyl (C=O) groups excluding carboxylic acids is 2. The number of hydrogen-bond acceptors (Lipinski definition) is 5. The smallest absolute Gasteiger partial charge is 0.252 e. The molecule has 0 saturated carbocycles. The number of anilines is 1. The van der Waals surface area contributed by atoms with E-state index in [0.29, 0.717) is 13.2 Å². The van der Waals surface area contributed by atoms with E-state index in [4.69, 9.17) is 16.3 Å². The van der Waals surface area contributed by atoms with E-state index in [0.717, 1.165) is 17.1 Å². The Morgan fingerprint density at radius 1 is 1.42 bits per heavy atom. The van der Waals surface area contributed by atoms with Crippen LogP contribution in [0, 0.1) is 0 Å². The van der Waals surface area contributed by atoms with Gasteiger partial charge in [-0.2, -0.15) is 0 Å². The molecule has 2 amide bonds. The summed E-state index contributed by atoms with van der Waals surface area (Å²) in [6.45, 7) is 1.10. The van der Waals surface area contributed by atoms with Crippen LogP contribution in [0.15, 0.2) is 18.2 Å². The fourth-order valence-electron chi connectivity index (χ4n) is 2.79. The number of halogens is 1. The van der Waals surface area contributed by atoms with E-state index in [2.05, 4.69) is 5.32 Å². The molecular formula is C15H17ClN2O5S. The summed E-state index contributed by atoms with van der Waals surface area (Å²) in [5, 5.41) is 2.84. The van der Waals surface area contributed by atoms with Crippen molar-refractivity contribution in [3.05, 3.63) is 28.8 Å². The predicted molar refractivity (Wildman–Crippen MR) is 88.6 cm³/mol. The number of benzene rings is 1. The SMILES string of the molecule is O=C(NC[C@H]1CCCO1)c1ccc(N2C(=O)CCS2(=O)=O)cc1Cl. The van der Waals surface area contributed by atoms with Gasteiger partial charge in [0.2, 0.25) is 15.9 Å². The van der Waals surface area contributed by atoms with Gasteiger partial charge in [0.05, 0.1) is 28.1 Å². The van der Waals surface area contributed by atoms with Crippen LogP contribution < -0.4 is 9.62 Å². The highest BCUT2D eigenvalue weighted by atomic mass is 35.5. The van der Waals surface area contributed by atoms with Gasteiger partial charge in [-0.15, -0.1) is 0 Å². The Hall–Kier alpha value is -1.64. The van der Waals surface area contributed by atoms with E-state index in [9.17, 15) is 18.0 Å². The molecular weight excluding hydrogens is 356 g/mol. The quantitative estimate of drug-likeness (QED) is 0.860. The van der Waals surface area contributed by atoms with Gasteiger partial charge < -0.3 is 10.1 Å². The van der Waals surface area contributed by atoms with Crippen LogP contribution in [0.3, 0.4) is 0 Å². The molecule has 2 heterocycles. The summed E-state index contributed by atoms with van der Waals surface area (Å²) in [7, 11) is -3.65. The maximum absolute atomic E-state index is 12.2. The van der Waals surface area contributed by atoms with Crippen molar-refractivity contribution in [2.24, 2.45) is 0 Å². The van der Waals surface area contributed by atoms with E-state index in [-0.39, 0.29) is 40.5 Å². The number of sulfonamides is 1. The number of rotatable bonds is 4. The fraction of sp³-hybridized carbons (Fsp3) is 0.467. The third kappa shape index (κ3) is 3.40. The molecule has 1 atom stereocenters. The minimum absolute atomic E-state index is 0.0133. The van der Waals surface area contributed by atoms with Crippen LogP contribution in [0.1, 0.15) is 29.6 Å². The van der Waals surface area contributed by atoms with Crippen molar-refractivity contribution in [1.29, 1.82) is 0 Å². The largest absolute Gasteiger partial charge is 0.376 e. The first-order valence-electron chi connectivity index (χ1n) is 7.64. The Morgan fingerprint density at radius 3 is 2.79 bits per heavy atom. The summed E-state index contributed by atoms with van der Waals surface area (Å²) in [4.78, 5) is 24.0. The highest BCUT2D eigenvalue weighted by Crippen LogP contribution is 2.29. The molecule has 2 aliphatic heterocycles. The topological polar surface area (TPSA) is 92.8 Å². The number of amides is 2. The lowest BCUT2D eigenvalue weighted by Gasteiger charge is -2.16. The van der Waals surface area contributed by atoms with Gasteiger partial charge in [0, 0.05) is 19.6 Å². The Morgan fingerprint density at radius 2 is 2.21 bits per heavy atom. The molecule has 2 fully saturated rings. The Kier molecular flexibility index (Phi) is 4.80. The van der Waals surface area contributed by atoms with Gasteiger partial charge >= 0.3 is 0 Å². The van der Waals surface area contributed by atoms with E-state index < -0.39 is 15.9 Å². The summed E-state index contributed by atoms with van der Waals surface area (Å²) in [5.41, 5.74) is 0.376. The Bertz CT molecular complexity index is 774. The molecule has 130 valence electrons. The van der Waals surface area contributed by atoms with E-state index in [1.165, 1.54) is 18.2 Å². The van der Waals surface area contributed by atoms with Crippen LogP contribution in [0.25, 0.3) is 0 Å². The van der Waals surface area contributed by atoms with Gasteiger partial charge in [-0.25, -0.2) is 12.7 Å². The number of hydrogen-bond donors (Lipinski definition) is 1. The minimum atomic E-state index is -3.65. The van der Waals surface area contributed by atoms with Crippen molar-refractivity contribution in [2.75, 3.05) is 23.2 Å². The zero-order chi connectivity index (χ0) is 17.3. The zero-order valence-electron chi connectivity index (χ0n) is 12.8. The molecule has 1 aromatic rings. The van der Waals surface area contributed by atoms with Gasteiger partial charge in [-0.1, -0.05) is 11.6 Å². The highest BCUT2D eigenvalue weighted by Gasteiger charge is 2.36. The molecule has 0 aliphatic carbocycles. The molecule has 0 bridgehead atoms. The first-order chi connectivity index (χ1) is 11.4. The minimum Gasteiger partial charge on any atom is -0.376 e. The molecule has 24 heavy (non-hydrogen) atoms. The van der Waals surface area contributed by atoms with Crippen molar-refractivity contribution in [3.63, 3.8) is 0 Å². The lowest BCUT2D eigenvalue weighted by atomic mass is 10.1. The Labute approximate surface area is 145 Å². The standard InChI is InChI=1S/C15H17ClN2O5S/c16-13-8-10(18-14(19)5-7-24(18,21)22)3-4-12(13)15(20)17-9-11-2-1-6-23-11/h3-4,8,11H,1-2,5-7,9H2,(H,17,20)/t11-/m1/s1. The maximum Gasteiger partial charge on any atom is 0.252 e. The normalized spacial score (nSPS) is 22.8. The number of nitrogens with zero attached hydrogens (tertiary/aromatic N) is 1. The van der Waals surface area contributed by atoms with Crippen LogP contribution in [-0.4, -0.2) is 45.2 Å². The number of ether oxygens (including phenoxy) is 1.